The highest BCUT2D eigenvalue weighted by molar-refractivity contribution is 14.1. The molecule has 0 saturated heterocycles. The second-order valence-electron chi connectivity index (χ2n) is 25.6. The van der Waals surface area contributed by atoms with Crippen LogP contribution in [-0.2, 0) is 0 Å². The number of benzene rings is 16. The summed E-state index contributed by atoms with van der Waals surface area (Å²) in [5.41, 5.74) is 26.2. The molecule has 0 radical (unpaired) electrons. The van der Waals surface area contributed by atoms with E-state index >= 15 is 0 Å². The normalized spacial score (nSPS) is 11.0. The fourth-order valence-corrected chi connectivity index (χ4v) is 14.4. The van der Waals surface area contributed by atoms with Crippen LogP contribution in [0.2, 0.25) is 0 Å². The second-order valence-corrected chi connectivity index (χ2v) is 26.8. The number of hydrogen-bond donors (Lipinski definition) is 2. The lowest BCUT2D eigenvalue weighted by Gasteiger charge is -2.26. The quantitative estimate of drug-likeness (QED) is 0.0841. The van der Waals surface area contributed by atoms with Crippen molar-refractivity contribution in [2.45, 2.75) is 0 Å². The number of halogens is 1. The van der Waals surface area contributed by atoms with E-state index in [9.17, 15) is 10.0 Å². The molecule has 0 saturated carbocycles. The molecule has 6 nitrogen and oxygen atoms in total. The molecule has 0 aliphatic heterocycles. The van der Waals surface area contributed by atoms with Gasteiger partial charge >= 0.3 is 7.12 Å². The zero-order valence-electron chi connectivity index (χ0n) is 56.9. The standard InChI is InChI=1S/C48H34N2.C24H20BNO2.C24H16IN/c1-3-11-35(12-4-1)38-23-29-42(30-24-38)49(41-13-5-2-6-14-41)43-31-25-39(26-32-43)36-19-21-37(22-20-36)40-27-33-44(34-28-40)50-47-17-9-7-15-45(47)46-16-8-10-18-48(46)50;27-25(28)21-13-17-24(18-14-21)26(22-9-5-2-6-10-22)23-15-11-20(12-16-23)19-7-3-1-4-8-19;25-19-13-9-17(10-14-19)18-11-15-20(16-12-18)26-23-7-3-1-5-21(23)22-6-2-4-8-24(22)26/h1-34H;1-18,27-28H;1-16H. The molecular weight excluding hydrogens is 1380 g/mol. The fourth-order valence-electron chi connectivity index (χ4n) is 14.0. The predicted octanol–water partition coefficient (Wildman–Crippen LogP) is 24.8. The third-order valence-electron chi connectivity index (χ3n) is 19.2. The van der Waals surface area contributed by atoms with E-state index in [-0.39, 0.29) is 0 Å². The molecule has 2 N–H and O–H groups in total. The molecule has 16 aromatic carbocycles. The van der Waals surface area contributed by atoms with Gasteiger partial charge in [0, 0.05) is 70.6 Å². The van der Waals surface area contributed by atoms with Gasteiger partial charge in [-0.25, -0.2) is 0 Å². The van der Waals surface area contributed by atoms with Crippen molar-refractivity contribution in [3.63, 3.8) is 0 Å². The smallest absolute Gasteiger partial charge is 0.423 e. The summed E-state index contributed by atoms with van der Waals surface area (Å²) in [4.78, 5) is 4.45. The molecule has 0 aliphatic carbocycles. The summed E-state index contributed by atoms with van der Waals surface area (Å²) in [7, 11) is -1.47. The van der Waals surface area contributed by atoms with E-state index in [1.807, 2.05) is 48.5 Å². The van der Waals surface area contributed by atoms with Crippen molar-refractivity contribution in [2.75, 3.05) is 9.80 Å². The Morgan fingerprint density at radius 3 is 0.683 bits per heavy atom. The van der Waals surface area contributed by atoms with Crippen LogP contribution in [0.4, 0.5) is 34.1 Å². The minimum atomic E-state index is -1.47. The zero-order chi connectivity index (χ0) is 70.1. The van der Waals surface area contributed by atoms with Crippen molar-refractivity contribution >= 4 is 113 Å². The maximum absolute atomic E-state index is 9.37. The van der Waals surface area contributed by atoms with Gasteiger partial charge in [-0.2, -0.15) is 0 Å². The van der Waals surface area contributed by atoms with Crippen LogP contribution >= 0.6 is 22.6 Å². The van der Waals surface area contributed by atoms with E-state index in [0.29, 0.717) is 5.46 Å². The molecule has 0 spiro atoms. The van der Waals surface area contributed by atoms with Gasteiger partial charge in [0.1, 0.15) is 0 Å². The Labute approximate surface area is 620 Å². The van der Waals surface area contributed by atoms with E-state index in [0.717, 1.165) is 39.7 Å². The summed E-state index contributed by atoms with van der Waals surface area (Å²) in [5.74, 6) is 0. The van der Waals surface area contributed by atoms with E-state index in [1.54, 1.807) is 12.1 Å². The third-order valence-corrected chi connectivity index (χ3v) is 19.9. The molecule has 8 heteroatoms. The van der Waals surface area contributed by atoms with Crippen LogP contribution in [0, 0.1) is 3.57 Å². The van der Waals surface area contributed by atoms with E-state index < -0.39 is 7.12 Å². The number of fused-ring (bicyclic) bond motifs is 6. The van der Waals surface area contributed by atoms with Gasteiger partial charge in [-0.1, -0.05) is 279 Å². The Hall–Kier alpha value is -12.6. The molecule has 0 bridgehead atoms. The van der Waals surface area contributed by atoms with Crippen molar-refractivity contribution in [3.05, 3.63) is 416 Å². The summed E-state index contributed by atoms with van der Waals surface area (Å²) >= 11 is 2.34. The van der Waals surface area contributed by atoms with Crippen LogP contribution in [0.25, 0.3) is 111 Å². The summed E-state index contributed by atoms with van der Waals surface area (Å²) in [6.45, 7) is 0. The van der Waals surface area contributed by atoms with Gasteiger partial charge in [0.25, 0.3) is 0 Å². The van der Waals surface area contributed by atoms with E-state index in [2.05, 4.69) is 393 Å². The molecule has 104 heavy (non-hydrogen) atoms. The first-order chi connectivity index (χ1) is 51.3. The Balaban J connectivity index is 0.000000131. The molecular formula is C96H70BIN4O2. The molecule has 0 fully saturated rings. The van der Waals surface area contributed by atoms with Gasteiger partial charge in [0.15, 0.2) is 0 Å². The first-order valence-corrected chi connectivity index (χ1v) is 36.0. The minimum Gasteiger partial charge on any atom is -0.423 e. The highest BCUT2D eigenvalue weighted by Crippen LogP contribution is 2.40. The Morgan fingerprint density at radius 1 is 0.202 bits per heavy atom. The number of rotatable bonds is 14. The Morgan fingerprint density at radius 2 is 0.404 bits per heavy atom. The lowest BCUT2D eigenvalue weighted by Crippen LogP contribution is -2.29. The lowest BCUT2D eigenvalue weighted by atomic mass is 9.80. The molecule has 0 aliphatic rings. The summed E-state index contributed by atoms with van der Waals surface area (Å²) in [6.07, 6.45) is 0. The zero-order valence-corrected chi connectivity index (χ0v) is 59.1. The Kier molecular flexibility index (Phi) is 19.3. The van der Waals surface area contributed by atoms with Crippen LogP contribution in [0.15, 0.2) is 413 Å². The summed E-state index contributed by atoms with van der Waals surface area (Å²) in [6, 6.07) is 145. The molecule has 2 aromatic heterocycles. The van der Waals surface area contributed by atoms with Crippen molar-refractivity contribution < 1.29 is 10.0 Å². The van der Waals surface area contributed by atoms with Gasteiger partial charge in [-0.3, -0.25) is 0 Å². The largest absolute Gasteiger partial charge is 0.488 e. The predicted molar refractivity (Wildman–Crippen MR) is 447 cm³/mol. The second kappa shape index (κ2) is 30.3. The molecule has 0 atom stereocenters. The van der Waals surface area contributed by atoms with E-state index in [1.165, 1.54) is 109 Å². The third kappa shape index (κ3) is 14.0. The van der Waals surface area contributed by atoms with Crippen LogP contribution in [0.1, 0.15) is 0 Å². The lowest BCUT2D eigenvalue weighted by molar-refractivity contribution is 0.426. The van der Waals surface area contributed by atoms with Crippen LogP contribution in [-0.4, -0.2) is 26.3 Å². The highest BCUT2D eigenvalue weighted by atomic mass is 127. The van der Waals surface area contributed by atoms with Gasteiger partial charge < -0.3 is 29.0 Å². The van der Waals surface area contributed by atoms with Crippen molar-refractivity contribution in [2.24, 2.45) is 0 Å². The molecule has 0 unspecified atom stereocenters. The maximum Gasteiger partial charge on any atom is 0.488 e. The van der Waals surface area contributed by atoms with Crippen molar-refractivity contribution in [1.29, 1.82) is 0 Å². The maximum atomic E-state index is 9.37. The first kappa shape index (κ1) is 66.0. The van der Waals surface area contributed by atoms with Gasteiger partial charge in [-0.05, 0) is 217 Å². The average molecular weight is 1450 g/mol. The monoisotopic (exact) mass is 1450 g/mol. The van der Waals surface area contributed by atoms with Crippen LogP contribution in [0.5, 0.6) is 0 Å². The Bertz CT molecular complexity index is 5770. The number of anilines is 6. The van der Waals surface area contributed by atoms with Crippen LogP contribution in [0.3, 0.4) is 0 Å². The fraction of sp³-hybridized carbons (Fsp3) is 0. The van der Waals surface area contributed by atoms with Crippen molar-refractivity contribution in [1.82, 2.24) is 9.13 Å². The number of aromatic nitrogens is 2. The molecule has 18 aromatic rings. The molecule has 496 valence electrons. The first-order valence-electron chi connectivity index (χ1n) is 35.0. The number of hydrogen-bond acceptors (Lipinski definition) is 4. The van der Waals surface area contributed by atoms with Crippen molar-refractivity contribution in [3.8, 4) is 67.0 Å². The van der Waals surface area contributed by atoms with E-state index in [4.69, 9.17) is 0 Å². The van der Waals surface area contributed by atoms with Gasteiger partial charge in [-0.15, -0.1) is 0 Å². The molecule has 2 heterocycles. The summed E-state index contributed by atoms with van der Waals surface area (Å²) < 4.78 is 5.97. The number of nitrogens with zero attached hydrogens (tertiary/aromatic N) is 4. The van der Waals surface area contributed by atoms with Gasteiger partial charge in [0.2, 0.25) is 0 Å². The average Bonchev–Trinajstić information content (AvgIpc) is 1.60. The van der Waals surface area contributed by atoms with Gasteiger partial charge in [0.05, 0.1) is 22.1 Å². The molecule has 18 rings (SSSR count). The minimum absolute atomic E-state index is 0.469. The number of para-hydroxylation sites is 6. The molecule has 0 amide bonds. The van der Waals surface area contributed by atoms with Crippen LogP contribution < -0.4 is 15.3 Å². The highest BCUT2D eigenvalue weighted by Gasteiger charge is 2.19. The topological polar surface area (TPSA) is 56.8 Å². The SMILES string of the molecule is Ic1ccc(-c2ccc(-n3c4ccccc4c4ccccc43)cc2)cc1.OB(O)c1ccc(N(c2ccccc2)c2ccc(-c3ccccc3)cc2)cc1.c1ccc(-c2ccc(N(c3ccccc3)c3ccc(-c4ccc(-c5ccc(-n6c7ccccc7c7ccccc76)cc5)cc4)cc3)cc2)cc1. The summed E-state index contributed by atoms with van der Waals surface area (Å²) in [5, 5.41) is 23.9.